The predicted octanol–water partition coefficient (Wildman–Crippen LogP) is 4.44. The maximum absolute atomic E-state index is 13.1. The van der Waals surface area contributed by atoms with Crippen LogP contribution in [0, 0.1) is 5.92 Å². The van der Waals surface area contributed by atoms with E-state index in [1.807, 2.05) is 50.4 Å². The summed E-state index contributed by atoms with van der Waals surface area (Å²) in [7, 11) is -0.101. The highest BCUT2D eigenvalue weighted by atomic mass is 32.2. The summed E-state index contributed by atoms with van der Waals surface area (Å²) in [4.78, 5) is 15.2. The minimum absolute atomic E-state index is 0.0617. The first-order valence-corrected chi connectivity index (χ1v) is 12.6. The fourth-order valence-electron chi connectivity index (χ4n) is 4.10. The van der Waals surface area contributed by atoms with Crippen molar-refractivity contribution < 1.29 is 17.9 Å². The Labute approximate surface area is 192 Å². The molecule has 174 valence electrons. The van der Waals surface area contributed by atoms with Crippen LogP contribution in [0.1, 0.15) is 56.7 Å². The molecular formula is C25H34N2O4S. The fraction of sp³-hybridized carbons (Fsp3) is 0.480. The van der Waals surface area contributed by atoms with Crippen LogP contribution in [-0.4, -0.2) is 50.8 Å². The zero-order valence-electron chi connectivity index (χ0n) is 19.6. The Morgan fingerprint density at radius 3 is 2.00 bits per heavy atom. The number of hydrogen-bond donors (Lipinski definition) is 0. The van der Waals surface area contributed by atoms with Gasteiger partial charge in [-0.2, -0.15) is 4.31 Å². The van der Waals surface area contributed by atoms with Gasteiger partial charge in [-0.25, -0.2) is 8.42 Å². The molecule has 3 rings (SSSR count). The quantitative estimate of drug-likeness (QED) is 0.615. The highest BCUT2D eigenvalue weighted by molar-refractivity contribution is 7.89. The fourth-order valence-corrected chi connectivity index (χ4v) is 5.57. The van der Waals surface area contributed by atoms with Crippen LogP contribution in [0.5, 0.6) is 5.75 Å². The number of benzene rings is 2. The molecule has 6 nitrogen and oxygen atoms in total. The number of methoxy groups -OCH3 is 1. The number of sulfonamides is 1. The Hall–Kier alpha value is -2.38. The van der Waals surface area contributed by atoms with E-state index in [2.05, 4.69) is 13.8 Å². The van der Waals surface area contributed by atoms with Crippen LogP contribution in [0.4, 0.5) is 0 Å². The van der Waals surface area contributed by atoms with Gasteiger partial charge in [-0.05, 0) is 61.1 Å². The second-order valence-corrected chi connectivity index (χ2v) is 10.7. The number of carbonyl (C=O) groups excluding carboxylic acids is 1. The maximum atomic E-state index is 13.1. The second-order valence-electron chi connectivity index (χ2n) is 8.80. The van der Waals surface area contributed by atoms with E-state index >= 15 is 0 Å². The van der Waals surface area contributed by atoms with Gasteiger partial charge in [-0.1, -0.05) is 38.1 Å². The highest BCUT2D eigenvalue weighted by Crippen LogP contribution is 2.29. The predicted molar refractivity (Wildman–Crippen MR) is 126 cm³/mol. The molecule has 2 aromatic carbocycles. The molecule has 0 saturated carbocycles. The monoisotopic (exact) mass is 458 g/mol. The summed E-state index contributed by atoms with van der Waals surface area (Å²) >= 11 is 0. The van der Waals surface area contributed by atoms with Crippen molar-refractivity contribution in [2.75, 3.05) is 27.2 Å². The van der Waals surface area contributed by atoms with Gasteiger partial charge in [0.25, 0.3) is 0 Å². The molecule has 1 heterocycles. The highest BCUT2D eigenvalue weighted by Gasteiger charge is 2.34. The lowest BCUT2D eigenvalue weighted by Crippen LogP contribution is -2.43. The maximum Gasteiger partial charge on any atom is 0.243 e. The van der Waals surface area contributed by atoms with E-state index in [1.54, 1.807) is 24.1 Å². The molecule has 32 heavy (non-hydrogen) atoms. The number of amides is 1. The van der Waals surface area contributed by atoms with Gasteiger partial charge < -0.3 is 9.64 Å². The van der Waals surface area contributed by atoms with Crippen molar-refractivity contribution >= 4 is 15.9 Å². The molecule has 2 aromatic rings. The summed E-state index contributed by atoms with van der Waals surface area (Å²) in [6.07, 6.45) is 1.06. The van der Waals surface area contributed by atoms with Crippen molar-refractivity contribution in [2.45, 2.75) is 50.5 Å². The Kier molecular flexibility index (Phi) is 7.62. The van der Waals surface area contributed by atoms with Crippen LogP contribution >= 0.6 is 0 Å². The lowest BCUT2D eigenvalue weighted by Gasteiger charge is -2.34. The first-order chi connectivity index (χ1) is 15.1. The van der Waals surface area contributed by atoms with Crippen LogP contribution < -0.4 is 4.74 Å². The molecular weight excluding hydrogens is 424 g/mol. The van der Waals surface area contributed by atoms with Gasteiger partial charge >= 0.3 is 0 Å². The minimum atomic E-state index is -3.54. The molecule has 1 aliphatic heterocycles. The van der Waals surface area contributed by atoms with E-state index in [9.17, 15) is 13.2 Å². The largest absolute Gasteiger partial charge is 0.497 e. The molecule has 1 saturated heterocycles. The average Bonchev–Trinajstić information content (AvgIpc) is 2.82. The van der Waals surface area contributed by atoms with Crippen LogP contribution in [0.15, 0.2) is 53.4 Å². The summed E-state index contributed by atoms with van der Waals surface area (Å²) in [5.41, 5.74) is 2.15. The van der Waals surface area contributed by atoms with E-state index in [0.29, 0.717) is 36.7 Å². The molecule has 0 radical (unpaired) electrons. The number of nitrogens with zero attached hydrogens (tertiary/aromatic N) is 2. The van der Waals surface area contributed by atoms with Gasteiger partial charge in [-0.3, -0.25) is 4.79 Å². The zero-order chi connectivity index (χ0) is 23.5. The van der Waals surface area contributed by atoms with Gasteiger partial charge in [0.2, 0.25) is 15.9 Å². The normalized spacial score (nSPS) is 16.7. The van der Waals surface area contributed by atoms with Crippen molar-refractivity contribution in [3.8, 4) is 5.75 Å². The molecule has 1 aliphatic rings. The van der Waals surface area contributed by atoms with Crippen molar-refractivity contribution in [2.24, 2.45) is 5.92 Å². The molecule has 1 amide bonds. The summed E-state index contributed by atoms with van der Waals surface area (Å²) in [5.74, 6) is 1.02. The number of hydrogen-bond acceptors (Lipinski definition) is 4. The Morgan fingerprint density at radius 1 is 0.969 bits per heavy atom. The molecule has 0 N–H and O–H groups in total. The first-order valence-electron chi connectivity index (χ1n) is 11.2. The smallest absolute Gasteiger partial charge is 0.243 e. The van der Waals surface area contributed by atoms with Crippen molar-refractivity contribution in [1.82, 2.24) is 9.21 Å². The van der Waals surface area contributed by atoms with Gasteiger partial charge in [0.1, 0.15) is 5.75 Å². The van der Waals surface area contributed by atoms with E-state index in [1.165, 1.54) is 4.31 Å². The third-order valence-electron chi connectivity index (χ3n) is 6.51. The molecule has 7 heteroatoms. The average molecular weight is 459 g/mol. The molecule has 0 aromatic heterocycles. The van der Waals surface area contributed by atoms with E-state index in [-0.39, 0.29) is 17.9 Å². The number of carbonyl (C=O) groups is 1. The first kappa shape index (κ1) is 24.3. The van der Waals surface area contributed by atoms with Crippen molar-refractivity contribution in [1.29, 1.82) is 0 Å². The molecule has 0 spiro atoms. The van der Waals surface area contributed by atoms with Gasteiger partial charge in [0.05, 0.1) is 18.0 Å². The molecule has 1 fully saturated rings. The topological polar surface area (TPSA) is 66.9 Å². The van der Waals surface area contributed by atoms with Crippen LogP contribution in [0.3, 0.4) is 0 Å². The van der Waals surface area contributed by atoms with E-state index in [0.717, 1.165) is 16.9 Å². The van der Waals surface area contributed by atoms with Gasteiger partial charge in [-0.15, -0.1) is 0 Å². The second kappa shape index (κ2) is 10.0. The van der Waals surface area contributed by atoms with Crippen LogP contribution in [0.25, 0.3) is 0 Å². The number of rotatable bonds is 7. The standard InChI is InChI=1S/C25H34N2O4S/c1-18(2)20-8-12-24(13-9-20)32(29,30)27-16-14-22(15-17-27)25(28)26(4)19(3)21-6-10-23(31-5)11-7-21/h6-13,18-19,22H,14-17H2,1-5H3. The van der Waals surface area contributed by atoms with E-state index < -0.39 is 10.0 Å². The van der Waals surface area contributed by atoms with E-state index in [4.69, 9.17) is 4.74 Å². The Balaban J connectivity index is 1.61. The molecule has 0 aliphatic carbocycles. The molecule has 0 bridgehead atoms. The third-order valence-corrected chi connectivity index (χ3v) is 8.43. The summed E-state index contributed by atoms with van der Waals surface area (Å²) in [6.45, 7) is 6.88. The minimum Gasteiger partial charge on any atom is -0.497 e. The van der Waals surface area contributed by atoms with Crippen molar-refractivity contribution in [3.05, 3.63) is 59.7 Å². The summed E-state index contributed by atoms with van der Waals surface area (Å²) in [6, 6.07) is 14.8. The van der Waals surface area contributed by atoms with Crippen molar-refractivity contribution in [3.63, 3.8) is 0 Å². The third kappa shape index (κ3) is 5.15. The number of ether oxygens (including phenoxy) is 1. The summed E-state index contributed by atoms with van der Waals surface area (Å²) < 4.78 is 32.8. The lowest BCUT2D eigenvalue weighted by atomic mass is 9.95. The summed E-state index contributed by atoms with van der Waals surface area (Å²) in [5, 5.41) is 0. The SMILES string of the molecule is COc1ccc(C(C)N(C)C(=O)C2CCN(S(=O)(=O)c3ccc(C(C)C)cc3)CC2)cc1. The number of piperidine rings is 1. The van der Waals surface area contributed by atoms with Gasteiger partial charge in [0, 0.05) is 26.1 Å². The van der Waals surface area contributed by atoms with Crippen LogP contribution in [-0.2, 0) is 14.8 Å². The van der Waals surface area contributed by atoms with Crippen LogP contribution in [0.2, 0.25) is 0 Å². The lowest BCUT2D eigenvalue weighted by molar-refractivity contribution is -0.137. The zero-order valence-corrected chi connectivity index (χ0v) is 20.4. The molecule has 1 unspecified atom stereocenters. The Morgan fingerprint density at radius 2 is 1.50 bits per heavy atom. The Bertz CT molecular complexity index is 1010. The molecule has 1 atom stereocenters. The van der Waals surface area contributed by atoms with Gasteiger partial charge in [0.15, 0.2) is 0 Å².